The maximum Gasteiger partial charge on any atom is 0.248 e. The molecule has 0 aliphatic rings. The van der Waals surface area contributed by atoms with Gasteiger partial charge >= 0.3 is 0 Å². The SMILES string of the molecule is COCCCNC(=S)Nc1ncn(Cc2cccc(Cl)c2)n1. The predicted octanol–water partition coefficient (Wildman–Crippen LogP) is 2.30. The van der Waals surface area contributed by atoms with Crippen LogP contribution < -0.4 is 10.6 Å². The molecule has 0 aliphatic carbocycles. The molecule has 22 heavy (non-hydrogen) atoms. The van der Waals surface area contributed by atoms with Gasteiger partial charge in [0.25, 0.3) is 0 Å². The van der Waals surface area contributed by atoms with Crippen molar-refractivity contribution in [3.63, 3.8) is 0 Å². The van der Waals surface area contributed by atoms with Crippen LogP contribution in [-0.2, 0) is 11.3 Å². The molecule has 1 heterocycles. The molecule has 8 heteroatoms. The van der Waals surface area contributed by atoms with E-state index in [9.17, 15) is 0 Å². The third-order valence-electron chi connectivity index (χ3n) is 2.81. The van der Waals surface area contributed by atoms with Crippen LogP contribution in [0.3, 0.4) is 0 Å². The van der Waals surface area contributed by atoms with E-state index in [1.807, 2.05) is 24.3 Å². The summed E-state index contributed by atoms with van der Waals surface area (Å²) in [7, 11) is 1.67. The fourth-order valence-corrected chi connectivity index (χ4v) is 2.22. The maximum atomic E-state index is 5.96. The van der Waals surface area contributed by atoms with Crippen LogP contribution in [0.15, 0.2) is 30.6 Å². The van der Waals surface area contributed by atoms with E-state index in [0.717, 1.165) is 18.5 Å². The van der Waals surface area contributed by atoms with Crippen molar-refractivity contribution in [3.8, 4) is 0 Å². The first kappa shape index (κ1) is 16.7. The van der Waals surface area contributed by atoms with E-state index in [4.69, 9.17) is 28.6 Å². The Morgan fingerprint density at radius 1 is 1.45 bits per heavy atom. The number of anilines is 1. The summed E-state index contributed by atoms with van der Waals surface area (Å²) in [5, 5.41) is 11.5. The van der Waals surface area contributed by atoms with Crippen LogP contribution in [0.2, 0.25) is 5.02 Å². The van der Waals surface area contributed by atoms with Crippen molar-refractivity contribution in [3.05, 3.63) is 41.2 Å². The number of methoxy groups -OCH3 is 1. The molecular formula is C14H18ClN5OS. The molecule has 0 radical (unpaired) electrons. The number of nitrogens with zero attached hydrogens (tertiary/aromatic N) is 3. The second-order valence-electron chi connectivity index (χ2n) is 4.62. The Kier molecular flexibility index (Phi) is 6.57. The van der Waals surface area contributed by atoms with Gasteiger partial charge in [-0.05, 0) is 36.3 Å². The summed E-state index contributed by atoms with van der Waals surface area (Å²) in [4.78, 5) is 4.17. The van der Waals surface area contributed by atoms with Gasteiger partial charge in [0, 0.05) is 25.3 Å². The Hall–Kier alpha value is -1.70. The highest BCUT2D eigenvalue weighted by Gasteiger charge is 2.04. The number of rotatable bonds is 7. The van der Waals surface area contributed by atoms with Gasteiger partial charge < -0.3 is 10.1 Å². The summed E-state index contributed by atoms with van der Waals surface area (Å²) < 4.78 is 6.69. The number of hydrogen-bond donors (Lipinski definition) is 2. The van der Waals surface area contributed by atoms with Gasteiger partial charge in [0.1, 0.15) is 6.33 Å². The first-order chi connectivity index (χ1) is 10.7. The van der Waals surface area contributed by atoms with Gasteiger partial charge in [0.2, 0.25) is 5.95 Å². The molecule has 2 N–H and O–H groups in total. The summed E-state index contributed by atoms with van der Waals surface area (Å²) in [5.74, 6) is 0.464. The van der Waals surface area contributed by atoms with Crippen LogP contribution in [0.5, 0.6) is 0 Å². The molecule has 1 aromatic heterocycles. The van der Waals surface area contributed by atoms with Crippen LogP contribution in [-0.4, -0.2) is 40.1 Å². The molecule has 2 rings (SSSR count). The number of ether oxygens (including phenoxy) is 1. The van der Waals surface area contributed by atoms with Gasteiger partial charge in [-0.2, -0.15) is 0 Å². The van der Waals surface area contributed by atoms with E-state index >= 15 is 0 Å². The Morgan fingerprint density at radius 2 is 2.32 bits per heavy atom. The highest BCUT2D eigenvalue weighted by molar-refractivity contribution is 7.80. The molecule has 0 unspecified atom stereocenters. The van der Waals surface area contributed by atoms with Crippen molar-refractivity contribution in [2.24, 2.45) is 0 Å². The quantitative estimate of drug-likeness (QED) is 0.596. The highest BCUT2D eigenvalue weighted by atomic mass is 35.5. The van der Waals surface area contributed by atoms with Gasteiger partial charge in [-0.3, -0.25) is 5.32 Å². The number of benzene rings is 1. The molecule has 0 bridgehead atoms. The summed E-state index contributed by atoms with van der Waals surface area (Å²) >= 11 is 11.1. The standard InChI is InChI=1S/C14H18ClN5OS/c1-21-7-3-6-16-14(22)18-13-17-10-20(19-13)9-11-4-2-5-12(15)8-11/h2,4-5,8,10H,3,6-7,9H2,1H3,(H2,16,18,19,22). The summed E-state index contributed by atoms with van der Waals surface area (Å²) in [6.07, 6.45) is 2.53. The van der Waals surface area contributed by atoms with Crippen molar-refractivity contribution in [1.82, 2.24) is 20.1 Å². The molecule has 0 amide bonds. The number of aromatic nitrogens is 3. The van der Waals surface area contributed by atoms with E-state index in [2.05, 4.69) is 20.7 Å². The Bertz CT molecular complexity index is 619. The van der Waals surface area contributed by atoms with Gasteiger partial charge in [-0.1, -0.05) is 23.7 Å². The van der Waals surface area contributed by atoms with E-state index in [0.29, 0.717) is 29.2 Å². The van der Waals surface area contributed by atoms with E-state index < -0.39 is 0 Å². The second kappa shape index (κ2) is 8.67. The molecule has 0 atom stereocenters. The average Bonchev–Trinajstić information content (AvgIpc) is 2.91. The van der Waals surface area contributed by atoms with Gasteiger partial charge in [0.05, 0.1) is 6.54 Å². The molecule has 2 aromatic rings. The van der Waals surface area contributed by atoms with Crippen molar-refractivity contribution >= 4 is 34.9 Å². The monoisotopic (exact) mass is 339 g/mol. The van der Waals surface area contributed by atoms with Crippen molar-refractivity contribution < 1.29 is 4.74 Å². The van der Waals surface area contributed by atoms with Gasteiger partial charge in [0.15, 0.2) is 5.11 Å². The smallest absolute Gasteiger partial charge is 0.248 e. The first-order valence-electron chi connectivity index (χ1n) is 6.85. The van der Waals surface area contributed by atoms with Crippen LogP contribution >= 0.6 is 23.8 Å². The molecule has 6 nitrogen and oxygen atoms in total. The first-order valence-corrected chi connectivity index (χ1v) is 7.63. The fourth-order valence-electron chi connectivity index (χ4n) is 1.81. The zero-order valence-electron chi connectivity index (χ0n) is 12.3. The maximum absolute atomic E-state index is 5.96. The number of halogens is 1. The third kappa shape index (κ3) is 5.59. The zero-order chi connectivity index (χ0) is 15.8. The highest BCUT2D eigenvalue weighted by Crippen LogP contribution is 2.11. The minimum atomic E-state index is 0.464. The van der Waals surface area contributed by atoms with Crippen molar-refractivity contribution in [2.45, 2.75) is 13.0 Å². The van der Waals surface area contributed by atoms with Gasteiger partial charge in [-0.15, -0.1) is 5.10 Å². The average molecular weight is 340 g/mol. The molecule has 0 saturated carbocycles. The summed E-state index contributed by atoms with van der Waals surface area (Å²) in [6, 6.07) is 7.64. The third-order valence-corrected chi connectivity index (χ3v) is 3.29. The van der Waals surface area contributed by atoms with E-state index in [1.165, 1.54) is 0 Å². The van der Waals surface area contributed by atoms with E-state index in [1.54, 1.807) is 18.1 Å². The summed E-state index contributed by atoms with van der Waals surface area (Å²) in [5.41, 5.74) is 1.06. The Balaban J connectivity index is 1.82. The molecule has 0 aliphatic heterocycles. The molecule has 118 valence electrons. The molecule has 1 aromatic carbocycles. The minimum absolute atomic E-state index is 0.464. The van der Waals surface area contributed by atoms with Crippen LogP contribution in [0, 0.1) is 0 Å². The molecular weight excluding hydrogens is 322 g/mol. The lowest BCUT2D eigenvalue weighted by Crippen LogP contribution is -2.30. The minimum Gasteiger partial charge on any atom is -0.385 e. The second-order valence-corrected chi connectivity index (χ2v) is 5.47. The largest absolute Gasteiger partial charge is 0.385 e. The molecule has 0 fully saturated rings. The number of nitrogens with one attached hydrogen (secondary N) is 2. The number of thiocarbonyl (C=S) groups is 1. The van der Waals surface area contributed by atoms with Gasteiger partial charge in [-0.25, -0.2) is 9.67 Å². The summed E-state index contributed by atoms with van der Waals surface area (Å²) in [6.45, 7) is 2.04. The lowest BCUT2D eigenvalue weighted by Gasteiger charge is -2.07. The normalized spacial score (nSPS) is 10.5. The number of hydrogen-bond acceptors (Lipinski definition) is 4. The molecule has 0 spiro atoms. The van der Waals surface area contributed by atoms with E-state index in [-0.39, 0.29) is 0 Å². The lowest BCUT2D eigenvalue weighted by molar-refractivity contribution is 0.196. The Labute approximate surface area is 139 Å². The zero-order valence-corrected chi connectivity index (χ0v) is 13.8. The fraction of sp³-hybridized carbons (Fsp3) is 0.357. The topological polar surface area (TPSA) is 64.0 Å². The van der Waals surface area contributed by atoms with Crippen LogP contribution in [0.4, 0.5) is 5.95 Å². The predicted molar refractivity (Wildman–Crippen MR) is 91.3 cm³/mol. The van der Waals surface area contributed by atoms with Crippen molar-refractivity contribution in [2.75, 3.05) is 25.6 Å². The van der Waals surface area contributed by atoms with Crippen molar-refractivity contribution in [1.29, 1.82) is 0 Å². The van der Waals surface area contributed by atoms with Crippen LogP contribution in [0.1, 0.15) is 12.0 Å². The Morgan fingerprint density at radius 3 is 3.09 bits per heavy atom. The van der Waals surface area contributed by atoms with Crippen LogP contribution in [0.25, 0.3) is 0 Å². The lowest BCUT2D eigenvalue weighted by atomic mass is 10.2. The molecule has 0 saturated heterocycles.